The van der Waals surface area contributed by atoms with E-state index in [2.05, 4.69) is 116 Å². The zero-order valence-electron chi connectivity index (χ0n) is 60.3. The first-order chi connectivity index (χ1) is 45.0. The van der Waals surface area contributed by atoms with Crippen LogP contribution in [-0.2, 0) is 57.8 Å². The van der Waals surface area contributed by atoms with Crippen LogP contribution < -0.4 is 0 Å². The van der Waals surface area contributed by atoms with Gasteiger partial charge in [-0.25, -0.2) is 8.42 Å². The van der Waals surface area contributed by atoms with Crippen molar-refractivity contribution in [1.29, 1.82) is 0 Å². The lowest BCUT2D eigenvalue weighted by Gasteiger charge is -2.60. The van der Waals surface area contributed by atoms with Crippen molar-refractivity contribution in [3.8, 4) is 22.5 Å². The van der Waals surface area contributed by atoms with Crippen LogP contribution in [-0.4, -0.2) is 88.4 Å². The average molecular weight is 1390 g/mol. The molecule has 1 N–H and O–H groups in total. The van der Waals surface area contributed by atoms with Crippen LogP contribution in [0.5, 0.6) is 5.75 Å². The Hall–Kier alpha value is -6.49. The van der Waals surface area contributed by atoms with Gasteiger partial charge in [-0.05, 0) is 224 Å². The maximum absolute atomic E-state index is 13.3. The molecule has 5 aliphatic carbocycles. The number of thiophene rings is 1. The van der Waals surface area contributed by atoms with E-state index in [0.717, 1.165) is 44.9 Å². The minimum absolute atomic E-state index is 0.00100. The SMILES string of the molecule is CCC(C)(C)C(=O)OC1(C)CCCC1.CCC(C)(C)C(=O)OC12CC3CC(C1)CC(C(=O)OC(CS(=O)(=O)[O-])C(F)(F)F)(C3)C2.CCC(C)C(=O)OC(C)(C)C#CC(C)(C)OC(=O)C(C)CC.CCC(C)c1ccc(O)cc1.c1ccc(-[s+]2c3ccccc3c3ccccc32)cc1. The molecule has 1 heterocycles. The number of halogens is 3. The average Bonchev–Trinajstić information content (AvgIpc) is 1.41. The highest BCUT2D eigenvalue weighted by molar-refractivity contribution is 7.85. The van der Waals surface area contributed by atoms with Crippen molar-refractivity contribution in [2.24, 2.45) is 39.9 Å². The van der Waals surface area contributed by atoms with Crippen LogP contribution in [0.4, 0.5) is 13.2 Å². The molecule has 0 radical (unpaired) electrons. The van der Waals surface area contributed by atoms with Crippen molar-refractivity contribution in [3.63, 3.8) is 0 Å². The van der Waals surface area contributed by atoms with Gasteiger partial charge in [-0.2, -0.15) is 13.2 Å². The zero-order valence-corrected chi connectivity index (χ0v) is 61.9. The van der Waals surface area contributed by atoms with Crippen LogP contribution in [0.2, 0.25) is 0 Å². The first-order valence-electron chi connectivity index (χ1n) is 34.5. The molecule has 6 atom stereocenters. The third kappa shape index (κ3) is 23.0. The maximum Gasteiger partial charge on any atom is 0.426 e. The van der Waals surface area contributed by atoms with Crippen molar-refractivity contribution in [1.82, 2.24) is 0 Å². The van der Waals surface area contributed by atoms with Gasteiger partial charge in [-0.1, -0.05) is 122 Å². The Morgan fingerprint density at radius 3 is 1.47 bits per heavy atom. The number of carbonyl (C=O) groups excluding carboxylic acids is 5. The number of rotatable bonds is 19. The minimum atomic E-state index is -5.27. The molecule has 19 heteroatoms. The van der Waals surface area contributed by atoms with Gasteiger partial charge >= 0.3 is 36.0 Å². The van der Waals surface area contributed by atoms with Gasteiger partial charge in [-0.3, -0.25) is 24.0 Å². The second kappa shape index (κ2) is 33.6. The lowest BCUT2D eigenvalue weighted by Crippen LogP contribution is -2.61. The molecule has 0 saturated heterocycles. The molecule has 4 aromatic carbocycles. The molecule has 14 nitrogen and oxygen atoms in total. The summed E-state index contributed by atoms with van der Waals surface area (Å²) in [5.41, 5.74) is -4.00. The van der Waals surface area contributed by atoms with Crippen molar-refractivity contribution in [3.05, 3.63) is 109 Å². The predicted octanol–water partition coefficient (Wildman–Crippen LogP) is 19.0. The van der Waals surface area contributed by atoms with E-state index in [1.165, 1.54) is 43.5 Å². The van der Waals surface area contributed by atoms with Crippen LogP contribution in [0.3, 0.4) is 0 Å². The van der Waals surface area contributed by atoms with Gasteiger partial charge in [0.25, 0.3) is 0 Å². The molecule has 0 spiro atoms. The molecule has 5 aromatic rings. The number of benzene rings is 4. The summed E-state index contributed by atoms with van der Waals surface area (Å²) in [6.45, 7) is 32.1. The van der Waals surface area contributed by atoms with E-state index in [4.69, 9.17) is 24.1 Å². The highest BCUT2D eigenvalue weighted by atomic mass is 32.2. The van der Waals surface area contributed by atoms with Gasteiger partial charge in [0, 0.05) is 27.7 Å². The molecule has 6 unspecified atom stereocenters. The van der Waals surface area contributed by atoms with E-state index in [1.807, 2.05) is 67.5 Å². The Balaban J connectivity index is 0.000000229. The Bertz CT molecular complexity index is 3520. The van der Waals surface area contributed by atoms with Gasteiger partial charge < -0.3 is 33.3 Å². The van der Waals surface area contributed by atoms with Crippen molar-refractivity contribution in [2.75, 3.05) is 5.75 Å². The lowest BCUT2D eigenvalue weighted by atomic mass is 9.48. The molecule has 0 amide bonds. The number of hydrogen-bond acceptors (Lipinski definition) is 14. The largest absolute Gasteiger partial charge is 0.748 e. The first kappa shape index (κ1) is 81.2. The fourth-order valence-electron chi connectivity index (χ4n) is 12.5. The van der Waals surface area contributed by atoms with Gasteiger partial charge in [-0.15, -0.1) is 0 Å². The fourth-order valence-corrected chi connectivity index (χ4v) is 15.5. The van der Waals surface area contributed by atoms with Gasteiger partial charge in [0.1, 0.15) is 17.0 Å². The van der Waals surface area contributed by atoms with Crippen LogP contribution in [0, 0.1) is 51.8 Å². The maximum atomic E-state index is 13.3. The summed E-state index contributed by atoms with van der Waals surface area (Å²) in [4.78, 5) is 62.6. The highest BCUT2D eigenvalue weighted by Crippen LogP contribution is 2.64. The Morgan fingerprint density at radius 1 is 0.629 bits per heavy atom. The minimum Gasteiger partial charge on any atom is -0.748 e. The fraction of sp³-hybridized carbons (Fsp3) is 0.603. The predicted molar refractivity (Wildman–Crippen MR) is 377 cm³/mol. The molecule has 97 heavy (non-hydrogen) atoms. The lowest BCUT2D eigenvalue weighted by molar-refractivity contribution is -0.239. The quantitative estimate of drug-likeness (QED) is 0.0268. The number of alkyl halides is 3. The molecule has 5 fully saturated rings. The Labute approximate surface area is 578 Å². The third-order valence-corrected chi connectivity index (χ3v) is 22.6. The molecule has 5 saturated carbocycles. The number of aromatic hydroxyl groups is 1. The van der Waals surface area contributed by atoms with Crippen LogP contribution in [0.1, 0.15) is 225 Å². The van der Waals surface area contributed by atoms with E-state index in [0.29, 0.717) is 43.8 Å². The van der Waals surface area contributed by atoms with Gasteiger partial charge in [0.2, 0.25) is 6.10 Å². The summed E-state index contributed by atoms with van der Waals surface area (Å²) in [6.07, 6.45) is 2.72. The summed E-state index contributed by atoms with van der Waals surface area (Å²) in [6, 6.07) is 35.8. The summed E-state index contributed by atoms with van der Waals surface area (Å²) in [5, 5.41) is 11.8. The topological polar surface area (TPSA) is 209 Å². The monoisotopic (exact) mass is 1390 g/mol. The number of ether oxygens (including phenoxy) is 5. The molecular formula is C78H107F3O14S2. The van der Waals surface area contributed by atoms with Crippen LogP contribution >= 0.6 is 10.5 Å². The van der Waals surface area contributed by atoms with Crippen molar-refractivity contribution in [2.45, 2.75) is 255 Å². The third-order valence-electron chi connectivity index (χ3n) is 19.6. The Morgan fingerprint density at radius 2 is 1.06 bits per heavy atom. The normalized spacial score (nSPS) is 20.7. The molecule has 4 bridgehead atoms. The molecule has 536 valence electrons. The second-order valence-electron chi connectivity index (χ2n) is 29.7. The first-order valence-corrected chi connectivity index (χ1v) is 37.3. The molecule has 1 aromatic heterocycles. The second-order valence-corrected chi connectivity index (χ2v) is 33.2. The van der Waals surface area contributed by atoms with Crippen molar-refractivity contribution >= 4 is 70.6 Å². The van der Waals surface area contributed by atoms with Crippen LogP contribution in [0.25, 0.3) is 25.1 Å². The summed E-state index contributed by atoms with van der Waals surface area (Å²) >= 11 is 0. The number of phenols is 1. The van der Waals surface area contributed by atoms with E-state index in [1.54, 1.807) is 53.7 Å². The standard InChI is InChI=1S/C20H29F3O7S.C18H30O4.C18H13S.C12H22O2.C10H14O/c1-4-17(2,3)15(24)30-19-8-12-5-13(9-19)7-18(6-12,11-19)16(25)29-14(20(21,22)23)10-31(26,27)28;1-9-13(3)15(19)21-17(5,6)11-12-18(7,8)22-16(20)14(4)10-2;1-2-8-14(9-3-1)19-17-12-6-4-10-15(17)16-11-5-7-13-18(16)19;1-5-11(2,3)10(13)14-12(4)8-6-7-9-12;1-3-8(2)9-4-6-10(11)7-5-9/h12-14H,4-11H2,1-3H3,(H,26,27,28);13-14H,9-10H2,1-8H3;1-13H;5-9H2,1-4H3;4-8,11H,3H2,1-2H3/q;;+1;;/p-1. The van der Waals surface area contributed by atoms with Gasteiger partial charge in [0.05, 0.1) is 44.0 Å². The molecular weight excluding hydrogens is 1280 g/mol. The van der Waals surface area contributed by atoms with Crippen molar-refractivity contribution < 1.29 is 78.9 Å². The number of esters is 5. The number of hydrogen-bond donors (Lipinski definition) is 1. The summed E-state index contributed by atoms with van der Waals surface area (Å²) in [5.74, 6) is 2.41. The van der Waals surface area contributed by atoms with Gasteiger partial charge in [0.15, 0.2) is 25.5 Å². The number of fused-ring (bicyclic) bond motifs is 3. The summed E-state index contributed by atoms with van der Waals surface area (Å²) < 4.78 is 102. The molecule has 5 aliphatic rings. The van der Waals surface area contributed by atoms with Crippen LogP contribution in [0.15, 0.2) is 103 Å². The van der Waals surface area contributed by atoms with E-state index < -0.39 is 67.7 Å². The molecule has 10 rings (SSSR count). The number of phenolic OH excluding ortho intramolecular Hbond substituents is 1. The molecule has 0 aliphatic heterocycles. The van der Waals surface area contributed by atoms with E-state index in [-0.39, 0.29) is 69.5 Å². The number of carbonyl (C=O) groups is 5. The summed E-state index contributed by atoms with van der Waals surface area (Å²) in [7, 11) is -5.21. The van der Waals surface area contributed by atoms with E-state index >= 15 is 0 Å². The Kier molecular flexibility index (Phi) is 28.1. The van der Waals surface area contributed by atoms with E-state index in [9.17, 15) is 50.1 Å². The zero-order chi connectivity index (χ0) is 72.8. The smallest absolute Gasteiger partial charge is 0.426 e. The highest BCUT2D eigenvalue weighted by Gasteiger charge is 2.64.